The van der Waals surface area contributed by atoms with E-state index in [9.17, 15) is 4.79 Å². The van der Waals surface area contributed by atoms with Crippen molar-refractivity contribution in [3.05, 3.63) is 35.2 Å². The lowest BCUT2D eigenvalue weighted by Gasteiger charge is -2.13. The molecule has 0 spiro atoms. The van der Waals surface area contributed by atoms with Crippen molar-refractivity contribution in [2.24, 2.45) is 0 Å². The summed E-state index contributed by atoms with van der Waals surface area (Å²) in [5, 5.41) is 11.0. The van der Waals surface area contributed by atoms with Crippen LogP contribution in [0, 0.1) is 0 Å². The van der Waals surface area contributed by atoms with Gasteiger partial charge < -0.3 is 14.6 Å². The van der Waals surface area contributed by atoms with Gasteiger partial charge in [-0.2, -0.15) is 0 Å². The largest absolute Gasteiger partial charge is 0.493 e. The van der Waals surface area contributed by atoms with Crippen LogP contribution in [0.5, 0.6) is 11.5 Å². The van der Waals surface area contributed by atoms with E-state index in [-0.39, 0.29) is 5.56 Å². The van der Waals surface area contributed by atoms with Gasteiger partial charge in [0.05, 0.1) is 19.8 Å². The summed E-state index contributed by atoms with van der Waals surface area (Å²) in [5.41, 5.74) is 0.903. The smallest absolute Gasteiger partial charge is 0.335 e. The van der Waals surface area contributed by atoms with E-state index in [0.717, 1.165) is 10.4 Å². The molecule has 0 atom stereocenters. The van der Waals surface area contributed by atoms with Crippen molar-refractivity contribution in [2.45, 2.75) is 0 Å². The molecule has 0 saturated carbocycles. The summed E-state index contributed by atoms with van der Waals surface area (Å²) >= 11 is 1.52. The van der Waals surface area contributed by atoms with Gasteiger partial charge in [0, 0.05) is 10.4 Å². The van der Waals surface area contributed by atoms with Crippen LogP contribution in [-0.4, -0.2) is 25.3 Å². The standard InChI is InChI=1S/C13H12O4S/c1-16-10-7-8(13(14)15)6-9(12(10)17-2)11-4-3-5-18-11/h3-7H,1-2H3,(H,14,15). The van der Waals surface area contributed by atoms with E-state index in [2.05, 4.69) is 0 Å². The molecule has 1 aromatic carbocycles. The van der Waals surface area contributed by atoms with Crippen molar-refractivity contribution in [1.82, 2.24) is 0 Å². The molecule has 0 aliphatic heterocycles. The molecule has 2 rings (SSSR count). The Bertz CT molecular complexity index is 561. The second kappa shape index (κ2) is 5.10. The first-order valence-corrected chi connectivity index (χ1v) is 6.08. The Hall–Kier alpha value is -2.01. The summed E-state index contributed by atoms with van der Waals surface area (Å²) in [6, 6.07) is 6.86. The minimum absolute atomic E-state index is 0.177. The fourth-order valence-electron chi connectivity index (χ4n) is 1.70. The summed E-state index contributed by atoms with van der Waals surface area (Å²) in [6.45, 7) is 0. The molecular formula is C13H12O4S. The first kappa shape index (κ1) is 12.4. The molecule has 0 saturated heterocycles. The highest BCUT2D eigenvalue weighted by Crippen LogP contribution is 2.40. The van der Waals surface area contributed by atoms with E-state index in [4.69, 9.17) is 14.6 Å². The monoisotopic (exact) mass is 264 g/mol. The maximum Gasteiger partial charge on any atom is 0.335 e. The normalized spacial score (nSPS) is 10.1. The maximum atomic E-state index is 11.1. The summed E-state index contributed by atoms with van der Waals surface area (Å²) < 4.78 is 10.5. The Labute approximate surface area is 108 Å². The quantitative estimate of drug-likeness (QED) is 0.921. The predicted molar refractivity (Wildman–Crippen MR) is 69.8 cm³/mol. The number of hydrogen-bond acceptors (Lipinski definition) is 4. The van der Waals surface area contributed by atoms with Crippen molar-refractivity contribution in [3.8, 4) is 21.9 Å². The van der Waals surface area contributed by atoms with E-state index in [1.165, 1.54) is 31.6 Å². The zero-order chi connectivity index (χ0) is 13.1. The lowest BCUT2D eigenvalue weighted by atomic mass is 10.1. The third-order valence-electron chi connectivity index (χ3n) is 2.51. The second-order valence-electron chi connectivity index (χ2n) is 3.54. The SMILES string of the molecule is COc1cc(C(=O)O)cc(-c2cccs2)c1OC. The van der Waals surface area contributed by atoms with Crippen LogP contribution in [0.25, 0.3) is 10.4 Å². The minimum atomic E-state index is -0.992. The first-order valence-electron chi connectivity index (χ1n) is 5.20. The Morgan fingerprint density at radius 1 is 1.28 bits per heavy atom. The van der Waals surface area contributed by atoms with Crippen LogP contribution in [0.4, 0.5) is 0 Å². The van der Waals surface area contributed by atoms with Crippen molar-refractivity contribution >= 4 is 17.3 Å². The van der Waals surface area contributed by atoms with Gasteiger partial charge in [-0.1, -0.05) is 6.07 Å². The molecule has 1 heterocycles. The highest BCUT2D eigenvalue weighted by molar-refractivity contribution is 7.13. The molecule has 1 aromatic heterocycles. The van der Waals surface area contributed by atoms with Crippen LogP contribution >= 0.6 is 11.3 Å². The Morgan fingerprint density at radius 3 is 2.56 bits per heavy atom. The van der Waals surface area contributed by atoms with Gasteiger partial charge in [0.1, 0.15) is 0 Å². The maximum absolute atomic E-state index is 11.1. The molecule has 2 aromatic rings. The van der Waals surface area contributed by atoms with E-state index < -0.39 is 5.97 Å². The van der Waals surface area contributed by atoms with Gasteiger partial charge in [0.25, 0.3) is 0 Å². The van der Waals surface area contributed by atoms with Gasteiger partial charge in [-0.3, -0.25) is 0 Å². The van der Waals surface area contributed by atoms with Crippen LogP contribution in [0.2, 0.25) is 0 Å². The predicted octanol–water partition coefficient (Wildman–Crippen LogP) is 3.13. The summed E-state index contributed by atoms with van der Waals surface area (Å²) in [6.07, 6.45) is 0. The van der Waals surface area contributed by atoms with E-state index >= 15 is 0 Å². The summed E-state index contributed by atoms with van der Waals surface area (Å²) in [7, 11) is 3.02. The number of carbonyl (C=O) groups is 1. The van der Waals surface area contributed by atoms with Crippen LogP contribution in [0.3, 0.4) is 0 Å². The number of methoxy groups -OCH3 is 2. The van der Waals surface area contributed by atoms with Gasteiger partial charge in [0.15, 0.2) is 11.5 Å². The first-order chi connectivity index (χ1) is 8.67. The molecular weight excluding hydrogens is 252 g/mol. The molecule has 0 aliphatic rings. The van der Waals surface area contributed by atoms with Gasteiger partial charge in [-0.25, -0.2) is 4.79 Å². The second-order valence-corrected chi connectivity index (χ2v) is 4.49. The van der Waals surface area contributed by atoms with Crippen LogP contribution < -0.4 is 9.47 Å². The molecule has 0 fully saturated rings. The highest BCUT2D eigenvalue weighted by atomic mass is 32.1. The number of carboxylic acids is 1. The summed E-state index contributed by atoms with van der Waals surface area (Å²) in [5.74, 6) is -0.0282. The average molecular weight is 264 g/mol. The number of benzene rings is 1. The van der Waals surface area contributed by atoms with Crippen molar-refractivity contribution in [2.75, 3.05) is 14.2 Å². The van der Waals surface area contributed by atoms with Crippen molar-refractivity contribution in [1.29, 1.82) is 0 Å². The number of aromatic carboxylic acids is 1. The fourth-order valence-corrected chi connectivity index (χ4v) is 2.44. The number of hydrogen-bond donors (Lipinski definition) is 1. The third-order valence-corrected chi connectivity index (χ3v) is 3.42. The van der Waals surface area contributed by atoms with Crippen LogP contribution in [0.1, 0.15) is 10.4 Å². The number of thiophene rings is 1. The van der Waals surface area contributed by atoms with Crippen LogP contribution in [0.15, 0.2) is 29.6 Å². The zero-order valence-corrected chi connectivity index (χ0v) is 10.8. The zero-order valence-electron chi connectivity index (χ0n) is 9.97. The average Bonchev–Trinajstić information content (AvgIpc) is 2.90. The number of carboxylic acid groups (broad SMARTS) is 1. The Morgan fingerprint density at radius 2 is 2.06 bits per heavy atom. The molecule has 0 bridgehead atoms. The molecule has 94 valence electrons. The number of rotatable bonds is 4. The molecule has 18 heavy (non-hydrogen) atoms. The third kappa shape index (κ3) is 2.17. The van der Waals surface area contributed by atoms with Gasteiger partial charge in [-0.05, 0) is 23.6 Å². The van der Waals surface area contributed by atoms with Crippen molar-refractivity contribution in [3.63, 3.8) is 0 Å². The van der Waals surface area contributed by atoms with Gasteiger partial charge >= 0.3 is 5.97 Å². The van der Waals surface area contributed by atoms with Crippen LogP contribution in [-0.2, 0) is 0 Å². The van der Waals surface area contributed by atoms with E-state index in [1.807, 2.05) is 17.5 Å². The molecule has 0 aliphatic carbocycles. The molecule has 0 unspecified atom stereocenters. The fraction of sp³-hybridized carbons (Fsp3) is 0.154. The molecule has 5 heteroatoms. The van der Waals surface area contributed by atoms with Gasteiger partial charge in [-0.15, -0.1) is 11.3 Å². The Kier molecular flexibility index (Phi) is 3.53. The summed E-state index contributed by atoms with van der Waals surface area (Å²) in [4.78, 5) is 12.0. The molecule has 0 amide bonds. The van der Waals surface area contributed by atoms with Crippen molar-refractivity contribution < 1.29 is 19.4 Å². The molecule has 4 nitrogen and oxygen atoms in total. The minimum Gasteiger partial charge on any atom is -0.493 e. The lowest BCUT2D eigenvalue weighted by Crippen LogP contribution is -2.00. The topological polar surface area (TPSA) is 55.8 Å². The number of ether oxygens (including phenoxy) is 2. The Balaban J connectivity index is 2.68. The van der Waals surface area contributed by atoms with E-state index in [1.54, 1.807) is 6.07 Å². The highest BCUT2D eigenvalue weighted by Gasteiger charge is 2.17. The molecule has 1 N–H and O–H groups in total. The van der Waals surface area contributed by atoms with Gasteiger partial charge in [0.2, 0.25) is 0 Å². The lowest BCUT2D eigenvalue weighted by molar-refractivity contribution is 0.0696. The molecule has 0 radical (unpaired) electrons. The van der Waals surface area contributed by atoms with E-state index in [0.29, 0.717) is 11.5 Å².